The number of halogens is 2. The smallest absolute Gasteiger partial charge is 0.243 e. The first kappa shape index (κ1) is 20.0. The third-order valence-corrected chi connectivity index (χ3v) is 7.07. The topological polar surface area (TPSA) is 66.5 Å². The number of anilines is 1. The number of hydrogen-bond donors (Lipinski definition) is 1. The van der Waals surface area contributed by atoms with E-state index in [1.165, 1.54) is 16.4 Å². The number of hydrogen-bond acceptors (Lipinski definition) is 3. The molecule has 8 heteroatoms. The van der Waals surface area contributed by atoms with Gasteiger partial charge in [0, 0.05) is 23.2 Å². The van der Waals surface area contributed by atoms with Crippen LogP contribution in [0.4, 0.5) is 10.1 Å². The molecule has 5 nitrogen and oxygen atoms in total. The van der Waals surface area contributed by atoms with Crippen LogP contribution >= 0.6 is 15.9 Å². The molecule has 0 spiro atoms. The minimum absolute atomic E-state index is 0.110. The maximum absolute atomic E-state index is 13.4. The minimum Gasteiger partial charge on any atom is -0.325 e. The van der Waals surface area contributed by atoms with Crippen molar-refractivity contribution in [3.8, 4) is 0 Å². The second-order valence-corrected chi connectivity index (χ2v) is 9.46. The average molecular weight is 455 g/mol. The van der Waals surface area contributed by atoms with E-state index in [0.717, 1.165) is 10.0 Å². The summed E-state index contributed by atoms with van der Waals surface area (Å²) in [4.78, 5) is 12.8. The summed E-state index contributed by atoms with van der Waals surface area (Å²) in [6.45, 7) is 2.26. The van der Waals surface area contributed by atoms with Crippen LogP contribution in [0.5, 0.6) is 0 Å². The van der Waals surface area contributed by atoms with Gasteiger partial charge >= 0.3 is 0 Å². The molecule has 1 aliphatic rings. The van der Waals surface area contributed by atoms with Crippen molar-refractivity contribution in [2.45, 2.75) is 24.7 Å². The molecule has 1 aliphatic heterocycles. The molecule has 144 valence electrons. The highest BCUT2D eigenvalue weighted by Crippen LogP contribution is 2.26. The first-order valence-electron chi connectivity index (χ1n) is 8.60. The Morgan fingerprint density at radius 1 is 1.22 bits per heavy atom. The molecule has 2 aromatic carbocycles. The highest BCUT2D eigenvalue weighted by molar-refractivity contribution is 9.10. The normalized spacial score (nSPS) is 18.3. The summed E-state index contributed by atoms with van der Waals surface area (Å²) >= 11 is 3.29. The van der Waals surface area contributed by atoms with Crippen LogP contribution in [0.25, 0.3) is 0 Å². The van der Waals surface area contributed by atoms with E-state index in [4.69, 9.17) is 0 Å². The fourth-order valence-corrected chi connectivity index (χ4v) is 4.88. The Labute approximate surface area is 166 Å². The minimum atomic E-state index is -3.66. The van der Waals surface area contributed by atoms with Gasteiger partial charge in [-0.15, -0.1) is 0 Å². The van der Waals surface area contributed by atoms with E-state index < -0.39 is 21.8 Å². The molecular formula is C19H20BrFN2O3S. The number of aryl methyl sites for hydroxylation is 1. The molecule has 1 fully saturated rings. The quantitative estimate of drug-likeness (QED) is 0.760. The van der Waals surface area contributed by atoms with Crippen LogP contribution in [0.1, 0.15) is 18.4 Å². The standard InChI is InChI=1S/C19H20BrFN2O3S/c1-13-4-7-16(21)11-18(13)22-19(24)14-3-2-10-23(12-14)27(25,26)17-8-5-15(20)6-9-17/h4-9,11,14H,2-3,10,12H2,1H3,(H,22,24)/t14-/m1/s1. The third kappa shape index (κ3) is 4.56. The summed E-state index contributed by atoms with van der Waals surface area (Å²) in [6, 6.07) is 10.6. The van der Waals surface area contributed by atoms with E-state index in [1.807, 2.05) is 0 Å². The van der Waals surface area contributed by atoms with Crippen molar-refractivity contribution in [3.63, 3.8) is 0 Å². The van der Waals surface area contributed by atoms with Crippen molar-refractivity contribution in [1.29, 1.82) is 0 Å². The Bertz CT molecular complexity index is 948. The van der Waals surface area contributed by atoms with E-state index in [2.05, 4.69) is 21.2 Å². The van der Waals surface area contributed by atoms with Crippen molar-refractivity contribution in [2.75, 3.05) is 18.4 Å². The van der Waals surface area contributed by atoms with Crippen LogP contribution in [0.2, 0.25) is 0 Å². The molecule has 27 heavy (non-hydrogen) atoms. The third-order valence-electron chi connectivity index (χ3n) is 4.66. The van der Waals surface area contributed by atoms with Gasteiger partial charge in [0.2, 0.25) is 15.9 Å². The molecule has 0 aliphatic carbocycles. The number of nitrogens with one attached hydrogen (secondary N) is 1. The zero-order valence-electron chi connectivity index (χ0n) is 14.8. The Morgan fingerprint density at radius 3 is 2.63 bits per heavy atom. The fourth-order valence-electron chi connectivity index (χ4n) is 3.09. The molecule has 0 saturated carbocycles. The van der Waals surface area contributed by atoms with Gasteiger partial charge in [-0.3, -0.25) is 4.79 Å². The number of benzene rings is 2. The van der Waals surface area contributed by atoms with Crippen molar-refractivity contribution >= 4 is 37.5 Å². The van der Waals surface area contributed by atoms with E-state index in [1.54, 1.807) is 37.3 Å². The largest absolute Gasteiger partial charge is 0.325 e. The number of sulfonamides is 1. The van der Waals surface area contributed by atoms with Crippen molar-refractivity contribution in [2.24, 2.45) is 5.92 Å². The molecule has 1 atom stereocenters. The Morgan fingerprint density at radius 2 is 1.93 bits per heavy atom. The van der Waals surface area contributed by atoms with Crippen LogP contribution in [-0.2, 0) is 14.8 Å². The molecular weight excluding hydrogens is 435 g/mol. The van der Waals surface area contributed by atoms with Gasteiger partial charge in [-0.25, -0.2) is 12.8 Å². The van der Waals surface area contributed by atoms with Crippen LogP contribution in [0.15, 0.2) is 51.8 Å². The first-order chi connectivity index (χ1) is 12.8. The molecule has 3 rings (SSSR count). The van der Waals surface area contributed by atoms with E-state index in [0.29, 0.717) is 25.1 Å². The predicted molar refractivity (Wildman–Crippen MR) is 105 cm³/mol. The summed E-state index contributed by atoms with van der Waals surface area (Å²) in [5, 5.41) is 2.73. The van der Waals surface area contributed by atoms with Crippen molar-refractivity contribution < 1.29 is 17.6 Å². The molecule has 0 unspecified atom stereocenters. The van der Waals surface area contributed by atoms with Crippen LogP contribution in [0, 0.1) is 18.7 Å². The Balaban J connectivity index is 1.74. The Kier molecular flexibility index (Phi) is 5.98. The molecule has 0 bridgehead atoms. The number of nitrogens with zero attached hydrogens (tertiary/aromatic N) is 1. The van der Waals surface area contributed by atoms with Gasteiger partial charge in [0.1, 0.15) is 5.82 Å². The number of amides is 1. The van der Waals surface area contributed by atoms with Gasteiger partial charge in [-0.2, -0.15) is 4.31 Å². The lowest BCUT2D eigenvalue weighted by Crippen LogP contribution is -2.43. The summed E-state index contributed by atoms with van der Waals surface area (Å²) in [6.07, 6.45) is 1.18. The van der Waals surface area contributed by atoms with Gasteiger partial charge in [-0.1, -0.05) is 22.0 Å². The Hall–Kier alpha value is -1.77. The molecule has 2 aromatic rings. The summed E-state index contributed by atoms with van der Waals surface area (Å²) in [5.74, 6) is -1.20. The highest BCUT2D eigenvalue weighted by atomic mass is 79.9. The molecule has 1 heterocycles. The molecule has 1 saturated heterocycles. The molecule has 1 amide bonds. The van der Waals surface area contributed by atoms with Gasteiger partial charge in [0.15, 0.2) is 0 Å². The number of carbonyl (C=O) groups is 1. The average Bonchev–Trinajstić information content (AvgIpc) is 2.65. The second-order valence-electron chi connectivity index (χ2n) is 6.60. The van der Waals surface area contributed by atoms with Gasteiger partial charge < -0.3 is 5.32 Å². The maximum atomic E-state index is 13.4. The lowest BCUT2D eigenvalue weighted by atomic mass is 9.98. The van der Waals surface area contributed by atoms with E-state index >= 15 is 0 Å². The number of carbonyl (C=O) groups excluding carboxylic acids is 1. The van der Waals surface area contributed by atoms with E-state index in [9.17, 15) is 17.6 Å². The van der Waals surface area contributed by atoms with E-state index in [-0.39, 0.29) is 17.3 Å². The van der Waals surface area contributed by atoms with Crippen LogP contribution < -0.4 is 5.32 Å². The monoisotopic (exact) mass is 454 g/mol. The van der Waals surface area contributed by atoms with Crippen molar-refractivity contribution in [1.82, 2.24) is 4.31 Å². The van der Waals surface area contributed by atoms with Gasteiger partial charge in [-0.05, 0) is 61.7 Å². The fraction of sp³-hybridized carbons (Fsp3) is 0.316. The number of rotatable bonds is 4. The van der Waals surface area contributed by atoms with Crippen molar-refractivity contribution in [3.05, 3.63) is 58.3 Å². The zero-order chi connectivity index (χ0) is 19.6. The summed E-state index contributed by atoms with van der Waals surface area (Å²) in [5.41, 5.74) is 1.16. The summed E-state index contributed by atoms with van der Waals surface area (Å²) < 4.78 is 41.3. The zero-order valence-corrected chi connectivity index (χ0v) is 17.2. The SMILES string of the molecule is Cc1ccc(F)cc1NC(=O)[C@@H]1CCCN(S(=O)(=O)c2ccc(Br)cc2)C1. The molecule has 0 radical (unpaired) electrons. The molecule has 1 N–H and O–H groups in total. The molecule has 0 aromatic heterocycles. The maximum Gasteiger partial charge on any atom is 0.243 e. The first-order valence-corrected chi connectivity index (χ1v) is 10.8. The lowest BCUT2D eigenvalue weighted by molar-refractivity contribution is -0.120. The summed E-state index contributed by atoms with van der Waals surface area (Å²) in [7, 11) is -3.66. The number of piperidine rings is 1. The second kappa shape index (κ2) is 8.08. The highest BCUT2D eigenvalue weighted by Gasteiger charge is 2.33. The lowest BCUT2D eigenvalue weighted by Gasteiger charge is -2.31. The van der Waals surface area contributed by atoms with Gasteiger partial charge in [0.25, 0.3) is 0 Å². The predicted octanol–water partition coefficient (Wildman–Crippen LogP) is 3.94. The van der Waals surface area contributed by atoms with Crippen LogP contribution in [-0.4, -0.2) is 31.7 Å². The van der Waals surface area contributed by atoms with Gasteiger partial charge in [0.05, 0.1) is 10.8 Å². The van der Waals surface area contributed by atoms with Crippen LogP contribution in [0.3, 0.4) is 0 Å².